The lowest BCUT2D eigenvalue weighted by Gasteiger charge is -2.23. The number of carboxylic acid groups (broad SMARTS) is 1. The van der Waals surface area contributed by atoms with Crippen molar-refractivity contribution < 1.29 is 14.7 Å². The van der Waals surface area contributed by atoms with E-state index in [1.807, 2.05) is 0 Å². The van der Waals surface area contributed by atoms with Gasteiger partial charge in [-0.05, 0) is 30.8 Å². The van der Waals surface area contributed by atoms with E-state index in [1.54, 1.807) is 17.5 Å². The minimum Gasteiger partial charge on any atom is -0.479 e. The molecule has 5 nitrogen and oxygen atoms in total. The number of thiophene rings is 1. The second kappa shape index (κ2) is 5.97. The van der Waals surface area contributed by atoms with Crippen LogP contribution in [0.2, 0.25) is 0 Å². The molecule has 3 N–H and O–H groups in total. The molecular weight excluding hydrogens is 252 g/mol. The van der Waals surface area contributed by atoms with E-state index in [0.29, 0.717) is 11.4 Å². The van der Waals surface area contributed by atoms with Crippen LogP contribution in [0.15, 0.2) is 17.5 Å². The number of carbonyl (C=O) groups excluding carboxylic acids is 1. The van der Waals surface area contributed by atoms with Gasteiger partial charge >= 0.3 is 5.97 Å². The summed E-state index contributed by atoms with van der Waals surface area (Å²) in [5.41, 5.74) is 0. The van der Waals surface area contributed by atoms with Gasteiger partial charge < -0.3 is 15.7 Å². The smallest absolute Gasteiger partial charge is 0.331 e. The van der Waals surface area contributed by atoms with E-state index >= 15 is 0 Å². The average molecular weight is 268 g/mol. The van der Waals surface area contributed by atoms with E-state index in [0.717, 1.165) is 19.4 Å². The predicted octanol–water partition coefficient (Wildman–Crippen LogP) is 0.990. The molecule has 2 heterocycles. The maximum absolute atomic E-state index is 12.0. The third-order valence-electron chi connectivity index (χ3n) is 3.03. The Morgan fingerprint density at radius 1 is 1.56 bits per heavy atom. The van der Waals surface area contributed by atoms with Crippen LogP contribution in [0, 0.1) is 5.92 Å². The Hall–Kier alpha value is -1.40. The Labute approximate surface area is 109 Å². The zero-order valence-electron chi connectivity index (χ0n) is 9.89. The number of carboxylic acids is 1. The third kappa shape index (κ3) is 3.08. The van der Waals surface area contributed by atoms with Crippen molar-refractivity contribution in [1.29, 1.82) is 0 Å². The first kappa shape index (κ1) is 13.0. The molecule has 2 atom stereocenters. The van der Waals surface area contributed by atoms with Gasteiger partial charge in [-0.25, -0.2) is 4.79 Å². The molecule has 0 saturated carbocycles. The molecule has 1 aliphatic heterocycles. The fourth-order valence-corrected chi connectivity index (χ4v) is 2.81. The molecule has 0 aliphatic carbocycles. The van der Waals surface area contributed by atoms with Crippen molar-refractivity contribution in [2.45, 2.75) is 18.9 Å². The van der Waals surface area contributed by atoms with E-state index < -0.39 is 12.0 Å². The summed E-state index contributed by atoms with van der Waals surface area (Å²) in [7, 11) is 0. The van der Waals surface area contributed by atoms with Crippen LogP contribution in [0.3, 0.4) is 0 Å². The molecule has 1 unspecified atom stereocenters. The minimum absolute atomic E-state index is 0.124. The van der Waals surface area contributed by atoms with Crippen LogP contribution in [0.25, 0.3) is 0 Å². The molecule has 1 amide bonds. The van der Waals surface area contributed by atoms with Crippen LogP contribution in [0.1, 0.15) is 23.8 Å². The topological polar surface area (TPSA) is 78.4 Å². The standard InChI is InChI=1S/C12H16N2O3S/c15-11(8-3-1-5-13-7-8)14-10(12(16)17)9-4-2-6-18-9/h2,4,6,8,10,13H,1,3,5,7H2,(H,14,15)(H,16,17)/t8-,10?/m1/s1. The SMILES string of the molecule is O=C(O)C(NC(=O)[C@@H]1CCCNC1)c1cccs1. The van der Waals surface area contributed by atoms with Crippen LogP contribution < -0.4 is 10.6 Å². The number of amides is 1. The van der Waals surface area contributed by atoms with Crippen molar-refractivity contribution >= 4 is 23.2 Å². The van der Waals surface area contributed by atoms with Crippen LogP contribution in [0.4, 0.5) is 0 Å². The average Bonchev–Trinajstić information content (AvgIpc) is 2.90. The summed E-state index contributed by atoms with van der Waals surface area (Å²) in [4.78, 5) is 23.8. The quantitative estimate of drug-likeness (QED) is 0.761. The number of carbonyl (C=O) groups is 2. The molecule has 98 valence electrons. The molecular formula is C12H16N2O3S. The highest BCUT2D eigenvalue weighted by molar-refractivity contribution is 7.10. The van der Waals surface area contributed by atoms with Gasteiger partial charge in [0.05, 0.1) is 5.92 Å². The number of nitrogens with one attached hydrogen (secondary N) is 2. The summed E-state index contributed by atoms with van der Waals surface area (Å²) >= 11 is 1.34. The minimum atomic E-state index is -1.02. The van der Waals surface area contributed by atoms with Crippen molar-refractivity contribution in [3.8, 4) is 0 Å². The number of hydrogen-bond acceptors (Lipinski definition) is 4. The number of aliphatic carboxylic acids is 1. The molecule has 0 spiro atoms. The number of hydrogen-bond donors (Lipinski definition) is 3. The molecule has 0 radical (unpaired) electrons. The first-order valence-electron chi connectivity index (χ1n) is 5.96. The molecule has 0 bridgehead atoms. The summed E-state index contributed by atoms with van der Waals surface area (Å²) in [6, 6.07) is 2.58. The Morgan fingerprint density at radius 2 is 2.39 bits per heavy atom. The van der Waals surface area contributed by atoms with Crippen molar-refractivity contribution in [1.82, 2.24) is 10.6 Å². The predicted molar refractivity (Wildman–Crippen MR) is 68.4 cm³/mol. The lowest BCUT2D eigenvalue weighted by Crippen LogP contribution is -2.43. The fraction of sp³-hybridized carbons (Fsp3) is 0.500. The lowest BCUT2D eigenvalue weighted by atomic mass is 9.98. The van der Waals surface area contributed by atoms with E-state index in [2.05, 4.69) is 10.6 Å². The molecule has 1 saturated heterocycles. The lowest BCUT2D eigenvalue weighted by molar-refractivity contribution is -0.142. The van der Waals surface area contributed by atoms with Crippen LogP contribution in [-0.4, -0.2) is 30.1 Å². The van der Waals surface area contributed by atoms with Gasteiger partial charge in [0.25, 0.3) is 0 Å². The van der Waals surface area contributed by atoms with Crippen molar-refractivity contribution in [2.75, 3.05) is 13.1 Å². The van der Waals surface area contributed by atoms with E-state index in [4.69, 9.17) is 5.11 Å². The van der Waals surface area contributed by atoms with Gasteiger partial charge in [-0.15, -0.1) is 11.3 Å². The maximum Gasteiger partial charge on any atom is 0.331 e. The van der Waals surface area contributed by atoms with E-state index in [9.17, 15) is 9.59 Å². The maximum atomic E-state index is 12.0. The normalized spacial score (nSPS) is 21.2. The highest BCUT2D eigenvalue weighted by Gasteiger charge is 2.27. The summed E-state index contributed by atoms with van der Waals surface area (Å²) in [5.74, 6) is -1.32. The highest BCUT2D eigenvalue weighted by atomic mass is 32.1. The zero-order valence-corrected chi connectivity index (χ0v) is 10.7. The van der Waals surface area contributed by atoms with Crippen LogP contribution in [-0.2, 0) is 9.59 Å². The molecule has 1 aliphatic rings. The summed E-state index contributed by atoms with van der Waals surface area (Å²) in [5, 5.41) is 16.7. The Morgan fingerprint density at radius 3 is 2.94 bits per heavy atom. The van der Waals surface area contributed by atoms with Gasteiger partial charge in [0.1, 0.15) is 0 Å². The molecule has 0 aromatic carbocycles. The summed E-state index contributed by atoms with van der Waals surface area (Å²) in [6.45, 7) is 1.56. The Balaban J connectivity index is 2.00. The monoisotopic (exact) mass is 268 g/mol. The summed E-state index contributed by atoms with van der Waals surface area (Å²) < 4.78 is 0. The first-order chi connectivity index (χ1) is 8.68. The molecule has 1 aromatic heterocycles. The fourth-order valence-electron chi connectivity index (χ4n) is 2.05. The first-order valence-corrected chi connectivity index (χ1v) is 6.83. The highest BCUT2D eigenvalue weighted by Crippen LogP contribution is 2.20. The Bertz CT molecular complexity index is 413. The van der Waals surface area contributed by atoms with E-state index in [1.165, 1.54) is 11.3 Å². The summed E-state index contributed by atoms with van der Waals surface area (Å²) in [6.07, 6.45) is 1.77. The molecule has 1 fully saturated rings. The van der Waals surface area contributed by atoms with Gasteiger partial charge in [0.2, 0.25) is 5.91 Å². The second-order valence-corrected chi connectivity index (χ2v) is 5.32. The van der Waals surface area contributed by atoms with Gasteiger partial charge in [-0.3, -0.25) is 4.79 Å². The van der Waals surface area contributed by atoms with Gasteiger partial charge in [-0.1, -0.05) is 6.07 Å². The van der Waals surface area contributed by atoms with E-state index in [-0.39, 0.29) is 11.8 Å². The van der Waals surface area contributed by atoms with Crippen LogP contribution >= 0.6 is 11.3 Å². The van der Waals surface area contributed by atoms with Crippen molar-refractivity contribution in [2.24, 2.45) is 5.92 Å². The van der Waals surface area contributed by atoms with Gasteiger partial charge in [-0.2, -0.15) is 0 Å². The van der Waals surface area contributed by atoms with Gasteiger partial charge in [0.15, 0.2) is 6.04 Å². The van der Waals surface area contributed by atoms with Gasteiger partial charge in [0, 0.05) is 11.4 Å². The number of rotatable bonds is 4. The largest absolute Gasteiger partial charge is 0.479 e. The van der Waals surface area contributed by atoms with Crippen molar-refractivity contribution in [3.05, 3.63) is 22.4 Å². The molecule has 6 heteroatoms. The molecule has 2 rings (SSSR count). The Kier molecular flexibility index (Phi) is 4.33. The van der Waals surface area contributed by atoms with Crippen LogP contribution in [0.5, 0.6) is 0 Å². The third-order valence-corrected chi connectivity index (χ3v) is 3.97. The second-order valence-electron chi connectivity index (χ2n) is 4.34. The molecule has 18 heavy (non-hydrogen) atoms. The zero-order chi connectivity index (χ0) is 13.0. The molecule has 1 aromatic rings. The number of piperidine rings is 1. The van der Waals surface area contributed by atoms with Crippen molar-refractivity contribution in [3.63, 3.8) is 0 Å².